The molecule has 2 N–H and O–H groups in total. The van der Waals surface area contributed by atoms with Crippen molar-refractivity contribution in [3.8, 4) is 0 Å². The molecule has 0 aromatic carbocycles. The number of methoxy groups -OCH3 is 1. The summed E-state index contributed by atoms with van der Waals surface area (Å²) in [6.07, 6.45) is 2.58. The lowest BCUT2D eigenvalue weighted by Gasteiger charge is -2.27. The second-order valence-corrected chi connectivity index (χ2v) is 5.50. The van der Waals surface area contributed by atoms with E-state index in [0.29, 0.717) is 6.61 Å². The summed E-state index contributed by atoms with van der Waals surface area (Å²) in [6, 6.07) is 0. The van der Waals surface area contributed by atoms with Crippen LogP contribution >= 0.6 is 15.9 Å². The highest BCUT2D eigenvalue weighted by Crippen LogP contribution is 2.26. The summed E-state index contributed by atoms with van der Waals surface area (Å²) in [5.41, 5.74) is 8.35. The number of halogens is 1. The topological polar surface area (TPSA) is 53.1 Å². The molecule has 0 aliphatic rings. The second-order valence-electron chi connectivity index (χ2n) is 4.70. The smallest absolute Gasteiger partial charge is 0.0766 e. The van der Waals surface area contributed by atoms with Crippen LogP contribution in [0.2, 0.25) is 0 Å². The molecule has 104 valence electrons. The molecule has 1 heterocycles. The number of aromatic nitrogens is 2. The normalized spacial score (nSPS) is 14.8. The van der Waals surface area contributed by atoms with Gasteiger partial charge < -0.3 is 10.5 Å². The lowest BCUT2D eigenvalue weighted by Crippen LogP contribution is -2.46. The minimum atomic E-state index is -0.324. The number of hydrogen-bond donors (Lipinski definition) is 1. The zero-order chi connectivity index (χ0) is 13.8. The van der Waals surface area contributed by atoms with Crippen LogP contribution in [-0.2, 0) is 24.1 Å². The van der Waals surface area contributed by atoms with Gasteiger partial charge in [0.15, 0.2) is 0 Å². The van der Waals surface area contributed by atoms with Crippen LogP contribution in [0.15, 0.2) is 4.47 Å². The van der Waals surface area contributed by atoms with Gasteiger partial charge in [-0.3, -0.25) is 4.68 Å². The maximum absolute atomic E-state index is 6.40. The van der Waals surface area contributed by atoms with Crippen LogP contribution in [-0.4, -0.2) is 29.0 Å². The Morgan fingerprint density at radius 1 is 1.39 bits per heavy atom. The quantitative estimate of drug-likeness (QED) is 0.840. The molecule has 1 unspecified atom stereocenters. The van der Waals surface area contributed by atoms with Crippen LogP contribution < -0.4 is 5.73 Å². The summed E-state index contributed by atoms with van der Waals surface area (Å²) < 4.78 is 8.39. The molecule has 0 saturated carbocycles. The summed E-state index contributed by atoms with van der Waals surface area (Å²) in [6.45, 7) is 7.73. The van der Waals surface area contributed by atoms with Gasteiger partial charge in [-0.25, -0.2) is 0 Å². The van der Waals surface area contributed by atoms with Gasteiger partial charge in [-0.2, -0.15) is 5.10 Å². The van der Waals surface area contributed by atoms with Gasteiger partial charge in [0.1, 0.15) is 0 Å². The van der Waals surface area contributed by atoms with E-state index in [-0.39, 0.29) is 5.54 Å². The van der Waals surface area contributed by atoms with E-state index in [1.54, 1.807) is 7.11 Å². The van der Waals surface area contributed by atoms with E-state index in [4.69, 9.17) is 10.5 Å². The standard InChI is InChI=1S/C13H24BrN3O/c1-5-10-12(14)11(17(7-3)16-10)8-13(15,6-2)9-18-4/h5-9,15H2,1-4H3. The van der Waals surface area contributed by atoms with Crippen molar-refractivity contribution in [2.75, 3.05) is 13.7 Å². The van der Waals surface area contributed by atoms with Crippen molar-refractivity contribution in [1.29, 1.82) is 0 Å². The third-order valence-corrected chi connectivity index (χ3v) is 4.26. The SMILES string of the molecule is CCc1nn(CC)c(CC(N)(CC)COC)c1Br. The molecule has 18 heavy (non-hydrogen) atoms. The first kappa shape index (κ1) is 15.7. The Morgan fingerprint density at radius 2 is 2.06 bits per heavy atom. The van der Waals surface area contributed by atoms with Crippen LogP contribution in [0.5, 0.6) is 0 Å². The van der Waals surface area contributed by atoms with Gasteiger partial charge >= 0.3 is 0 Å². The molecule has 1 aromatic rings. The Balaban J connectivity index is 3.05. The van der Waals surface area contributed by atoms with Crippen LogP contribution in [0, 0.1) is 0 Å². The fourth-order valence-electron chi connectivity index (χ4n) is 2.09. The van der Waals surface area contributed by atoms with E-state index in [1.165, 1.54) is 5.69 Å². The van der Waals surface area contributed by atoms with E-state index in [1.807, 2.05) is 4.68 Å². The van der Waals surface area contributed by atoms with Gasteiger partial charge in [0, 0.05) is 25.6 Å². The summed E-state index contributed by atoms with van der Waals surface area (Å²) in [7, 11) is 1.70. The minimum Gasteiger partial charge on any atom is -0.383 e. The Kier molecular flexibility index (Phi) is 5.82. The van der Waals surface area contributed by atoms with E-state index in [0.717, 1.165) is 36.0 Å². The van der Waals surface area contributed by atoms with Crippen LogP contribution in [0.1, 0.15) is 38.6 Å². The lowest BCUT2D eigenvalue weighted by molar-refractivity contribution is 0.128. The highest BCUT2D eigenvalue weighted by atomic mass is 79.9. The largest absolute Gasteiger partial charge is 0.383 e. The average Bonchev–Trinajstić information content (AvgIpc) is 2.66. The van der Waals surface area contributed by atoms with Crippen molar-refractivity contribution < 1.29 is 4.74 Å². The molecule has 0 aliphatic carbocycles. The monoisotopic (exact) mass is 317 g/mol. The van der Waals surface area contributed by atoms with Crippen molar-refractivity contribution in [2.24, 2.45) is 5.73 Å². The summed E-state index contributed by atoms with van der Waals surface area (Å²) >= 11 is 3.66. The van der Waals surface area contributed by atoms with Crippen LogP contribution in [0.3, 0.4) is 0 Å². The van der Waals surface area contributed by atoms with E-state index in [9.17, 15) is 0 Å². The number of aryl methyl sites for hydroxylation is 2. The fourth-order valence-corrected chi connectivity index (χ4v) is 2.79. The van der Waals surface area contributed by atoms with Gasteiger partial charge in [0.2, 0.25) is 0 Å². The zero-order valence-electron chi connectivity index (χ0n) is 11.8. The van der Waals surface area contributed by atoms with Gasteiger partial charge in [0.05, 0.1) is 22.5 Å². The van der Waals surface area contributed by atoms with Crippen LogP contribution in [0.4, 0.5) is 0 Å². The second kappa shape index (κ2) is 6.68. The van der Waals surface area contributed by atoms with Crippen molar-refractivity contribution in [3.63, 3.8) is 0 Å². The number of ether oxygens (including phenoxy) is 1. The minimum absolute atomic E-state index is 0.324. The van der Waals surface area contributed by atoms with Crippen molar-refractivity contribution in [2.45, 2.75) is 52.1 Å². The summed E-state index contributed by atoms with van der Waals surface area (Å²) in [5, 5.41) is 4.60. The molecule has 5 heteroatoms. The third kappa shape index (κ3) is 3.33. The third-order valence-electron chi connectivity index (χ3n) is 3.35. The van der Waals surface area contributed by atoms with Gasteiger partial charge in [-0.1, -0.05) is 13.8 Å². The Hall–Kier alpha value is -0.390. The predicted molar refractivity (Wildman–Crippen MR) is 77.8 cm³/mol. The van der Waals surface area contributed by atoms with Gasteiger partial charge in [0.25, 0.3) is 0 Å². The maximum atomic E-state index is 6.40. The number of hydrogen-bond acceptors (Lipinski definition) is 3. The first-order valence-corrected chi connectivity index (χ1v) is 7.32. The Labute approximate surface area is 118 Å². The van der Waals surface area contributed by atoms with Crippen molar-refractivity contribution >= 4 is 15.9 Å². The molecule has 0 bridgehead atoms. The molecular weight excluding hydrogens is 294 g/mol. The maximum Gasteiger partial charge on any atom is 0.0766 e. The average molecular weight is 318 g/mol. The first-order chi connectivity index (χ1) is 8.51. The van der Waals surface area contributed by atoms with Gasteiger partial charge in [-0.15, -0.1) is 0 Å². The zero-order valence-corrected chi connectivity index (χ0v) is 13.4. The molecule has 0 radical (unpaired) electrons. The molecular formula is C13H24BrN3O. The summed E-state index contributed by atoms with van der Waals surface area (Å²) in [5.74, 6) is 0. The van der Waals surface area contributed by atoms with Crippen molar-refractivity contribution in [3.05, 3.63) is 15.9 Å². The Morgan fingerprint density at radius 3 is 2.50 bits per heavy atom. The molecule has 1 rings (SSSR count). The van der Waals surface area contributed by atoms with Crippen LogP contribution in [0.25, 0.3) is 0 Å². The Bertz CT molecular complexity index is 392. The predicted octanol–water partition coefficient (Wildman–Crippen LogP) is 2.52. The molecule has 0 fully saturated rings. The first-order valence-electron chi connectivity index (χ1n) is 6.53. The summed E-state index contributed by atoms with van der Waals surface area (Å²) in [4.78, 5) is 0. The molecule has 4 nitrogen and oxygen atoms in total. The van der Waals surface area contributed by atoms with Gasteiger partial charge in [-0.05, 0) is 35.7 Å². The molecule has 0 amide bonds. The molecule has 0 aliphatic heterocycles. The number of nitrogens with two attached hydrogens (primary N) is 1. The fraction of sp³-hybridized carbons (Fsp3) is 0.769. The number of rotatable bonds is 7. The number of nitrogens with zero attached hydrogens (tertiary/aromatic N) is 2. The molecule has 0 saturated heterocycles. The van der Waals surface area contributed by atoms with E-state index >= 15 is 0 Å². The lowest BCUT2D eigenvalue weighted by atomic mass is 9.92. The highest BCUT2D eigenvalue weighted by Gasteiger charge is 2.27. The molecule has 1 aromatic heterocycles. The van der Waals surface area contributed by atoms with Crippen molar-refractivity contribution in [1.82, 2.24) is 9.78 Å². The molecule has 1 atom stereocenters. The highest BCUT2D eigenvalue weighted by molar-refractivity contribution is 9.10. The van der Waals surface area contributed by atoms with E-state index < -0.39 is 0 Å². The van der Waals surface area contributed by atoms with E-state index in [2.05, 4.69) is 41.8 Å². The molecule has 0 spiro atoms.